The van der Waals surface area contributed by atoms with E-state index in [0.717, 1.165) is 16.8 Å². The Morgan fingerprint density at radius 3 is 2.64 bits per heavy atom. The van der Waals surface area contributed by atoms with Crippen LogP contribution in [0.3, 0.4) is 0 Å². The van der Waals surface area contributed by atoms with E-state index in [2.05, 4.69) is 20.4 Å². The third-order valence-corrected chi connectivity index (χ3v) is 3.87. The van der Waals surface area contributed by atoms with Gasteiger partial charge in [0.15, 0.2) is 5.65 Å². The molecule has 122 valence electrons. The number of hydrogen-bond donors (Lipinski definition) is 1. The highest BCUT2D eigenvalue weighted by Crippen LogP contribution is 2.21. The Labute approximate surface area is 144 Å². The fourth-order valence-electron chi connectivity index (χ4n) is 2.67. The maximum atomic E-state index is 12.6. The number of aryl methyl sites for hydroxylation is 1. The molecule has 0 atom stereocenters. The molecule has 0 bridgehead atoms. The first kappa shape index (κ1) is 15.0. The first-order valence-electron chi connectivity index (χ1n) is 7.84. The Balaban J connectivity index is 1.73. The average Bonchev–Trinajstić information content (AvgIpc) is 3.07. The molecule has 0 saturated heterocycles. The molecular weight excluding hydrogens is 314 g/mol. The topological polar surface area (TPSA) is 72.2 Å². The van der Waals surface area contributed by atoms with E-state index in [9.17, 15) is 4.79 Å². The molecule has 0 unspecified atom stereocenters. The standard InChI is InChI=1S/C19H15N5O/c1-13-7-9-20-17(11-13)23-19(25)15-12-22-24-16(8-10-21-18(15)24)14-5-3-2-4-6-14/h2-12H,1H3,(H,20,23,25). The quantitative estimate of drug-likeness (QED) is 0.625. The number of hydrogen-bond acceptors (Lipinski definition) is 4. The summed E-state index contributed by atoms with van der Waals surface area (Å²) in [5.41, 5.74) is 3.81. The van der Waals surface area contributed by atoms with Crippen LogP contribution in [-0.2, 0) is 0 Å². The Morgan fingerprint density at radius 2 is 1.84 bits per heavy atom. The second-order valence-electron chi connectivity index (χ2n) is 5.66. The second-order valence-corrected chi connectivity index (χ2v) is 5.66. The van der Waals surface area contributed by atoms with Crippen LogP contribution in [0.4, 0.5) is 5.82 Å². The molecular formula is C19H15N5O. The molecule has 0 aliphatic rings. The molecule has 6 heteroatoms. The summed E-state index contributed by atoms with van der Waals surface area (Å²) in [4.78, 5) is 21.1. The van der Waals surface area contributed by atoms with Crippen molar-refractivity contribution in [2.75, 3.05) is 5.32 Å². The van der Waals surface area contributed by atoms with Gasteiger partial charge >= 0.3 is 0 Å². The highest BCUT2D eigenvalue weighted by Gasteiger charge is 2.16. The fourth-order valence-corrected chi connectivity index (χ4v) is 2.67. The van der Waals surface area contributed by atoms with Gasteiger partial charge in [0.1, 0.15) is 11.4 Å². The van der Waals surface area contributed by atoms with Crippen molar-refractivity contribution in [2.45, 2.75) is 6.92 Å². The van der Waals surface area contributed by atoms with Crippen LogP contribution in [0.1, 0.15) is 15.9 Å². The van der Waals surface area contributed by atoms with Crippen molar-refractivity contribution in [2.24, 2.45) is 0 Å². The summed E-state index contributed by atoms with van der Waals surface area (Å²) in [5, 5.41) is 7.14. The number of carbonyl (C=O) groups is 1. The van der Waals surface area contributed by atoms with Crippen LogP contribution in [0.2, 0.25) is 0 Å². The van der Waals surface area contributed by atoms with Gasteiger partial charge in [0.05, 0.1) is 11.9 Å². The van der Waals surface area contributed by atoms with Crippen LogP contribution in [0, 0.1) is 6.92 Å². The van der Waals surface area contributed by atoms with Gasteiger partial charge < -0.3 is 5.32 Å². The molecule has 3 heterocycles. The summed E-state index contributed by atoms with van der Waals surface area (Å²) >= 11 is 0. The molecule has 0 spiro atoms. The number of fused-ring (bicyclic) bond motifs is 1. The maximum absolute atomic E-state index is 12.6. The van der Waals surface area contributed by atoms with E-state index in [-0.39, 0.29) is 5.91 Å². The number of amides is 1. The number of rotatable bonds is 3. The van der Waals surface area contributed by atoms with Crippen molar-refractivity contribution in [1.29, 1.82) is 0 Å². The molecule has 25 heavy (non-hydrogen) atoms. The van der Waals surface area contributed by atoms with E-state index in [1.54, 1.807) is 16.9 Å². The minimum atomic E-state index is -0.286. The molecule has 0 saturated carbocycles. The maximum Gasteiger partial charge on any atom is 0.262 e. The van der Waals surface area contributed by atoms with E-state index in [4.69, 9.17) is 0 Å². The summed E-state index contributed by atoms with van der Waals surface area (Å²) in [7, 11) is 0. The largest absolute Gasteiger partial charge is 0.306 e. The lowest BCUT2D eigenvalue weighted by atomic mass is 10.1. The molecule has 0 aliphatic carbocycles. The lowest BCUT2D eigenvalue weighted by Gasteiger charge is -2.06. The molecule has 6 nitrogen and oxygen atoms in total. The van der Waals surface area contributed by atoms with Gasteiger partial charge in [0.2, 0.25) is 0 Å². The van der Waals surface area contributed by atoms with Gasteiger partial charge in [-0.25, -0.2) is 14.5 Å². The van der Waals surface area contributed by atoms with Crippen molar-refractivity contribution < 1.29 is 4.79 Å². The Bertz CT molecular complexity index is 1060. The van der Waals surface area contributed by atoms with E-state index < -0.39 is 0 Å². The van der Waals surface area contributed by atoms with Crippen molar-refractivity contribution in [3.63, 3.8) is 0 Å². The summed E-state index contributed by atoms with van der Waals surface area (Å²) in [6.07, 6.45) is 4.87. The molecule has 4 rings (SSSR count). The Hall–Kier alpha value is -3.54. The van der Waals surface area contributed by atoms with Crippen LogP contribution in [0.15, 0.2) is 67.1 Å². The molecule has 1 N–H and O–H groups in total. The third kappa shape index (κ3) is 2.85. The molecule has 4 aromatic rings. The first-order chi connectivity index (χ1) is 12.2. The fraction of sp³-hybridized carbons (Fsp3) is 0.0526. The second kappa shape index (κ2) is 6.16. The highest BCUT2D eigenvalue weighted by molar-refractivity contribution is 6.07. The number of nitrogens with one attached hydrogen (secondary N) is 1. The van der Waals surface area contributed by atoms with E-state index in [0.29, 0.717) is 17.0 Å². The normalized spacial score (nSPS) is 10.8. The Kier molecular flexibility index (Phi) is 3.70. The number of pyridine rings is 1. The van der Waals surface area contributed by atoms with E-state index in [1.165, 1.54) is 6.20 Å². The van der Waals surface area contributed by atoms with Gasteiger partial charge in [0.25, 0.3) is 5.91 Å². The lowest BCUT2D eigenvalue weighted by molar-refractivity contribution is 0.102. The lowest BCUT2D eigenvalue weighted by Crippen LogP contribution is -2.13. The predicted molar refractivity (Wildman–Crippen MR) is 95.4 cm³/mol. The predicted octanol–water partition coefficient (Wildman–Crippen LogP) is 3.35. The SMILES string of the molecule is Cc1ccnc(NC(=O)c2cnn3c(-c4ccccc4)ccnc23)c1. The van der Waals surface area contributed by atoms with Crippen LogP contribution in [-0.4, -0.2) is 25.5 Å². The smallest absolute Gasteiger partial charge is 0.262 e. The van der Waals surface area contributed by atoms with E-state index in [1.807, 2.05) is 55.5 Å². The summed E-state index contributed by atoms with van der Waals surface area (Å²) < 4.78 is 1.67. The van der Waals surface area contributed by atoms with Crippen LogP contribution < -0.4 is 5.32 Å². The number of carbonyl (C=O) groups excluding carboxylic acids is 1. The molecule has 0 aliphatic heterocycles. The Morgan fingerprint density at radius 1 is 1.04 bits per heavy atom. The zero-order valence-corrected chi connectivity index (χ0v) is 13.5. The monoisotopic (exact) mass is 329 g/mol. The van der Waals surface area contributed by atoms with Gasteiger partial charge in [-0.3, -0.25) is 4.79 Å². The number of anilines is 1. The van der Waals surface area contributed by atoms with Crippen molar-refractivity contribution in [3.05, 3.63) is 78.2 Å². The summed E-state index contributed by atoms with van der Waals surface area (Å²) in [6, 6.07) is 15.4. The highest BCUT2D eigenvalue weighted by atomic mass is 16.1. The average molecular weight is 329 g/mol. The minimum absolute atomic E-state index is 0.286. The van der Waals surface area contributed by atoms with Crippen LogP contribution in [0.5, 0.6) is 0 Å². The van der Waals surface area contributed by atoms with Gasteiger partial charge in [-0.1, -0.05) is 30.3 Å². The molecule has 0 fully saturated rings. The minimum Gasteiger partial charge on any atom is -0.306 e. The molecule has 3 aromatic heterocycles. The van der Waals surface area contributed by atoms with Crippen molar-refractivity contribution in [3.8, 4) is 11.3 Å². The number of nitrogens with zero attached hydrogens (tertiary/aromatic N) is 4. The van der Waals surface area contributed by atoms with Gasteiger partial charge in [-0.05, 0) is 30.7 Å². The number of aromatic nitrogens is 4. The zero-order chi connectivity index (χ0) is 17.2. The summed E-state index contributed by atoms with van der Waals surface area (Å²) in [6.45, 7) is 1.94. The van der Waals surface area contributed by atoms with Crippen LogP contribution >= 0.6 is 0 Å². The summed E-state index contributed by atoms with van der Waals surface area (Å²) in [5.74, 6) is 0.217. The molecule has 0 radical (unpaired) electrons. The number of benzene rings is 1. The zero-order valence-electron chi connectivity index (χ0n) is 13.5. The first-order valence-corrected chi connectivity index (χ1v) is 7.84. The van der Waals surface area contributed by atoms with E-state index >= 15 is 0 Å². The van der Waals surface area contributed by atoms with Gasteiger partial charge in [0, 0.05) is 18.0 Å². The molecule has 1 amide bonds. The van der Waals surface area contributed by atoms with Crippen molar-refractivity contribution in [1.82, 2.24) is 19.6 Å². The van der Waals surface area contributed by atoms with Crippen LogP contribution in [0.25, 0.3) is 16.9 Å². The third-order valence-electron chi connectivity index (χ3n) is 3.87. The van der Waals surface area contributed by atoms with Gasteiger partial charge in [-0.15, -0.1) is 0 Å². The molecule has 1 aromatic carbocycles. The van der Waals surface area contributed by atoms with Gasteiger partial charge in [-0.2, -0.15) is 5.10 Å². The van der Waals surface area contributed by atoms with Crippen molar-refractivity contribution >= 4 is 17.4 Å².